The minimum Gasteiger partial charge on any atom is -0.310 e. The first kappa shape index (κ1) is 13.8. The fraction of sp³-hybridized carbons (Fsp3) is 0.579. The van der Waals surface area contributed by atoms with Crippen LogP contribution in [-0.4, -0.2) is 6.54 Å². The van der Waals surface area contributed by atoms with Crippen molar-refractivity contribution in [1.82, 2.24) is 5.32 Å². The van der Waals surface area contributed by atoms with E-state index >= 15 is 0 Å². The highest BCUT2D eigenvalue weighted by molar-refractivity contribution is 7.19. The van der Waals surface area contributed by atoms with Crippen LogP contribution < -0.4 is 5.32 Å². The summed E-state index contributed by atoms with van der Waals surface area (Å²) in [5, 5.41) is 5.17. The standard InChI is InChI=1S/C19H25NS/c1-2-20-17(11-16-10-13-7-8-14(16)9-13)19-12-15-5-3-4-6-18(15)21-19/h3-6,12-14,16-17,20H,2,7-11H2,1H3. The van der Waals surface area contributed by atoms with Crippen LogP contribution in [0.2, 0.25) is 0 Å². The van der Waals surface area contributed by atoms with Crippen molar-refractivity contribution in [3.05, 3.63) is 35.2 Å². The molecule has 2 heteroatoms. The topological polar surface area (TPSA) is 12.0 Å². The van der Waals surface area contributed by atoms with Gasteiger partial charge in [-0.05, 0) is 67.5 Å². The Morgan fingerprint density at radius 1 is 1.24 bits per heavy atom. The summed E-state index contributed by atoms with van der Waals surface area (Å²) in [6, 6.07) is 11.8. The lowest BCUT2D eigenvalue weighted by atomic mass is 9.84. The van der Waals surface area contributed by atoms with Crippen LogP contribution in [0.4, 0.5) is 0 Å². The predicted molar refractivity (Wildman–Crippen MR) is 91.8 cm³/mol. The Labute approximate surface area is 131 Å². The van der Waals surface area contributed by atoms with E-state index in [4.69, 9.17) is 0 Å². The Morgan fingerprint density at radius 2 is 2.14 bits per heavy atom. The fourth-order valence-electron chi connectivity index (χ4n) is 4.69. The van der Waals surface area contributed by atoms with Gasteiger partial charge in [0, 0.05) is 15.6 Å². The third kappa shape index (κ3) is 2.64. The molecule has 1 N–H and O–H groups in total. The van der Waals surface area contributed by atoms with Gasteiger partial charge in [0.15, 0.2) is 0 Å². The lowest BCUT2D eigenvalue weighted by Crippen LogP contribution is -2.24. The van der Waals surface area contributed by atoms with Crippen LogP contribution in [0.25, 0.3) is 10.1 Å². The SMILES string of the molecule is CCNC(CC1CC2CCC1C2)c1cc2ccccc2s1. The summed E-state index contributed by atoms with van der Waals surface area (Å²) < 4.78 is 1.43. The van der Waals surface area contributed by atoms with Crippen LogP contribution >= 0.6 is 11.3 Å². The van der Waals surface area contributed by atoms with Crippen molar-refractivity contribution < 1.29 is 0 Å². The largest absolute Gasteiger partial charge is 0.310 e. The quantitative estimate of drug-likeness (QED) is 0.781. The van der Waals surface area contributed by atoms with E-state index < -0.39 is 0 Å². The molecule has 21 heavy (non-hydrogen) atoms. The molecule has 2 fully saturated rings. The molecule has 2 bridgehead atoms. The van der Waals surface area contributed by atoms with Gasteiger partial charge in [-0.1, -0.05) is 31.5 Å². The molecule has 112 valence electrons. The number of thiophene rings is 1. The Morgan fingerprint density at radius 3 is 2.86 bits per heavy atom. The van der Waals surface area contributed by atoms with Gasteiger partial charge in [0.1, 0.15) is 0 Å². The summed E-state index contributed by atoms with van der Waals surface area (Å²) in [6.45, 7) is 3.31. The highest BCUT2D eigenvalue weighted by Gasteiger charge is 2.40. The van der Waals surface area contributed by atoms with Gasteiger partial charge < -0.3 is 5.32 Å². The first-order chi connectivity index (χ1) is 10.3. The number of nitrogens with one attached hydrogen (secondary N) is 1. The van der Waals surface area contributed by atoms with Crippen molar-refractivity contribution in [3.63, 3.8) is 0 Å². The zero-order valence-corrected chi connectivity index (χ0v) is 13.7. The zero-order valence-electron chi connectivity index (χ0n) is 12.8. The second-order valence-electron chi connectivity index (χ2n) is 6.97. The summed E-state index contributed by atoms with van der Waals surface area (Å²) in [7, 11) is 0. The Balaban J connectivity index is 1.55. The molecule has 1 heterocycles. The zero-order chi connectivity index (χ0) is 14.2. The molecule has 0 saturated heterocycles. The molecule has 1 nitrogen and oxygen atoms in total. The molecule has 2 aliphatic rings. The lowest BCUT2D eigenvalue weighted by molar-refractivity contribution is 0.282. The Kier molecular flexibility index (Phi) is 3.76. The minimum atomic E-state index is 0.566. The van der Waals surface area contributed by atoms with Crippen LogP contribution in [0, 0.1) is 17.8 Å². The number of hydrogen-bond acceptors (Lipinski definition) is 2. The molecule has 0 amide bonds. The highest BCUT2D eigenvalue weighted by Crippen LogP contribution is 2.51. The monoisotopic (exact) mass is 299 g/mol. The fourth-order valence-corrected chi connectivity index (χ4v) is 5.84. The maximum absolute atomic E-state index is 3.76. The summed E-state index contributed by atoms with van der Waals surface area (Å²) in [5.74, 6) is 3.06. The average Bonchev–Trinajstić information content (AvgIpc) is 3.21. The van der Waals surface area contributed by atoms with Crippen molar-refractivity contribution in [2.45, 2.75) is 45.1 Å². The van der Waals surface area contributed by atoms with Gasteiger partial charge in [-0.3, -0.25) is 0 Å². The minimum absolute atomic E-state index is 0.566. The maximum Gasteiger partial charge on any atom is 0.0417 e. The third-order valence-corrected chi connectivity index (χ3v) is 6.89. The summed E-state index contributed by atoms with van der Waals surface area (Å²) in [4.78, 5) is 1.54. The van der Waals surface area contributed by atoms with E-state index in [1.54, 1.807) is 4.88 Å². The molecular formula is C19H25NS. The van der Waals surface area contributed by atoms with Gasteiger partial charge >= 0.3 is 0 Å². The molecule has 2 aromatic rings. The van der Waals surface area contributed by atoms with E-state index in [2.05, 4.69) is 42.6 Å². The van der Waals surface area contributed by atoms with Gasteiger partial charge in [-0.15, -0.1) is 11.3 Å². The van der Waals surface area contributed by atoms with E-state index in [1.807, 2.05) is 11.3 Å². The molecule has 4 rings (SSSR count). The van der Waals surface area contributed by atoms with E-state index in [0.29, 0.717) is 6.04 Å². The molecule has 2 aliphatic carbocycles. The molecule has 4 atom stereocenters. The first-order valence-corrected chi connectivity index (χ1v) is 9.37. The number of fused-ring (bicyclic) bond motifs is 3. The molecule has 0 spiro atoms. The van der Waals surface area contributed by atoms with Crippen LogP contribution in [0.15, 0.2) is 30.3 Å². The molecule has 2 saturated carbocycles. The molecule has 4 unspecified atom stereocenters. The van der Waals surface area contributed by atoms with Crippen LogP contribution in [0.5, 0.6) is 0 Å². The van der Waals surface area contributed by atoms with Crippen molar-refractivity contribution in [1.29, 1.82) is 0 Å². The van der Waals surface area contributed by atoms with Crippen molar-refractivity contribution in [3.8, 4) is 0 Å². The van der Waals surface area contributed by atoms with Crippen molar-refractivity contribution >= 4 is 21.4 Å². The average molecular weight is 299 g/mol. The van der Waals surface area contributed by atoms with Gasteiger partial charge in [0.2, 0.25) is 0 Å². The molecule has 1 aromatic carbocycles. The Hall–Kier alpha value is -0.860. The first-order valence-electron chi connectivity index (χ1n) is 8.55. The lowest BCUT2D eigenvalue weighted by Gasteiger charge is -2.26. The van der Waals surface area contributed by atoms with Gasteiger partial charge in [-0.25, -0.2) is 0 Å². The predicted octanol–water partition coefficient (Wildman–Crippen LogP) is 5.38. The smallest absolute Gasteiger partial charge is 0.0417 e. The molecular weight excluding hydrogens is 274 g/mol. The van der Waals surface area contributed by atoms with Crippen LogP contribution in [0.1, 0.15) is 49.9 Å². The number of hydrogen-bond donors (Lipinski definition) is 1. The molecule has 0 aliphatic heterocycles. The van der Waals surface area contributed by atoms with Crippen LogP contribution in [-0.2, 0) is 0 Å². The third-order valence-electron chi connectivity index (χ3n) is 5.66. The van der Waals surface area contributed by atoms with E-state index in [0.717, 1.165) is 24.3 Å². The second kappa shape index (κ2) is 5.73. The Bertz CT molecular complexity index is 584. The van der Waals surface area contributed by atoms with Gasteiger partial charge in [0.05, 0.1) is 0 Å². The van der Waals surface area contributed by atoms with E-state index in [-0.39, 0.29) is 0 Å². The summed E-state index contributed by atoms with van der Waals surface area (Å²) in [5.41, 5.74) is 0. The normalized spacial score (nSPS) is 29.3. The summed E-state index contributed by atoms with van der Waals surface area (Å²) in [6.07, 6.45) is 7.38. The second-order valence-corrected chi connectivity index (χ2v) is 8.08. The number of rotatable bonds is 5. The highest BCUT2D eigenvalue weighted by atomic mass is 32.1. The molecule has 0 radical (unpaired) electrons. The van der Waals surface area contributed by atoms with E-state index in [1.165, 1.54) is 42.2 Å². The van der Waals surface area contributed by atoms with Gasteiger partial charge in [-0.2, -0.15) is 0 Å². The van der Waals surface area contributed by atoms with Crippen LogP contribution in [0.3, 0.4) is 0 Å². The van der Waals surface area contributed by atoms with Crippen molar-refractivity contribution in [2.75, 3.05) is 6.54 Å². The molecule has 1 aromatic heterocycles. The van der Waals surface area contributed by atoms with E-state index in [9.17, 15) is 0 Å². The van der Waals surface area contributed by atoms with Gasteiger partial charge in [0.25, 0.3) is 0 Å². The maximum atomic E-state index is 3.76. The van der Waals surface area contributed by atoms with Crippen molar-refractivity contribution in [2.24, 2.45) is 17.8 Å². The summed E-state index contributed by atoms with van der Waals surface area (Å²) >= 11 is 1.99. The number of benzene rings is 1.